The number of aromatic nitrogens is 1. The van der Waals surface area contributed by atoms with Gasteiger partial charge in [0.15, 0.2) is 5.78 Å². The lowest BCUT2D eigenvalue weighted by Crippen LogP contribution is -2.32. The second-order valence-electron chi connectivity index (χ2n) is 7.48. The number of rotatable bonds is 6. The quantitative estimate of drug-likeness (QED) is 0.792. The number of hydrogen-bond donors (Lipinski definition) is 1. The topological polar surface area (TPSA) is 62.4 Å². The van der Waals surface area contributed by atoms with E-state index in [0.717, 1.165) is 30.6 Å². The van der Waals surface area contributed by atoms with Crippen LogP contribution in [0.25, 0.3) is 0 Å². The molecule has 1 aromatic heterocycles. The fourth-order valence-corrected chi connectivity index (χ4v) is 4.06. The van der Waals surface area contributed by atoms with Crippen LogP contribution in [0.2, 0.25) is 0 Å². The first-order valence-electron chi connectivity index (χ1n) is 9.56. The maximum Gasteiger partial charge on any atom is 0.355 e. The zero-order valence-corrected chi connectivity index (χ0v) is 16.5. The van der Waals surface area contributed by atoms with Crippen molar-refractivity contribution in [3.63, 3.8) is 0 Å². The molecule has 0 aliphatic heterocycles. The average molecular weight is 368 g/mol. The molecule has 0 fully saturated rings. The van der Waals surface area contributed by atoms with Crippen molar-refractivity contribution >= 4 is 11.8 Å². The predicted molar refractivity (Wildman–Crippen MR) is 105 cm³/mol. The second kappa shape index (κ2) is 8.09. The third-order valence-electron chi connectivity index (χ3n) is 5.42. The van der Waals surface area contributed by atoms with E-state index in [9.17, 15) is 9.59 Å². The Labute approximate surface area is 160 Å². The van der Waals surface area contributed by atoms with Gasteiger partial charge in [0.1, 0.15) is 5.69 Å². The monoisotopic (exact) mass is 368 g/mol. The number of fused-ring (bicyclic) bond motifs is 1. The van der Waals surface area contributed by atoms with Crippen molar-refractivity contribution in [3.8, 4) is 0 Å². The van der Waals surface area contributed by atoms with Crippen LogP contribution in [0, 0.1) is 12.8 Å². The van der Waals surface area contributed by atoms with Crippen LogP contribution < -0.4 is 0 Å². The largest absolute Gasteiger partial charge is 0.461 e. The number of hydrogen-bond acceptors (Lipinski definition) is 4. The Morgan fingerprint density at radius 3 is 2.59 bits per heavy atom. The summed E-state index contributed by atoms with van der Waals surface area (Å²) in [5, 5.41) is 0. The molecule has 0 saturated carbocycles. The standard InChI is InChI=1S/C22H28N2O3/c1-5-27-22(26)20-14(2)19-18(23-20)13-17(15-9-7-6-8-10-15)16(21(19)25)11-12-24(3)4/h6-10,16-17,23H,5,11-13H2,1-4H3. The molecular formula is C22H28N2O3. The molecular weight excluding hydrogens is 340 g/mol. The third kappa shape index (κ3) is 3.83. The highest BCUT2D eigenvalue weighted by Crippen LogP contribution is 2.40. The van der Waals surface area contributed by atoms with E-state index < -0.39 is 5.97 Å². The fraction of sp³-hybridized carbons (Fsp3) is 0.455. The Morgan fingerprint density at radius 1 is 1.26 bits per heavy atom. The summed E-state index contributed by atoms with van der Waals surface area (Å²) < 4.78 is 5.15. The maximum atomic E-state index is 13.4. The van der Waals surface area contributed by atoms with Crippen LogP contribution in [-0.2, 0) is 11.2 Å². The van der Waals surface area contributed by atoms with Gasteiger partial charge >= 0.3 is 5.97 Å². The van der Waals surface area contributed by atoms with E-state index in [2.05, 4.69) is 22.0 Å². The number of ketones is 1. The van der Waals surface area contributed by atoms with E-state index in [1.54, 1.807) is 6.92 Å². The van der Waals surface area contributed by atoms with Gasteiger partial charge in [-0.15, -0.1) is 0 Å². The number of ether oxygens (including phenoxy) is 1. The molecule has 5 heteroatoms. The maximum absolute atomic E-state index is 13.4. The molecule has 0 radical (unpaired) electrons. The lowest BCUT2D eigenvalue weighted by Gasteiger charge is -2.32. The van der Waals surface area contributed by atoms with Crippen molar-refractivity contribution in [1.29, 1.82) is 0 Å². The minimum Gasteiger partial charge on any atom is -0.461 e. The van der Waals surface area contributed by atoms with Crippen molar-refractivity contribution in [3.05, 3.63) is 58.4 Å². The molecule has 5 nitrogen and oxygen atoms in total. The third-order valence-corrected chi connectivity index (χ3v) is 5.42. The molecule has 1 aliphatic rings. The van der Waals surface area contributed by atoms with E-state index >= 15 is 0 Å². The Bertz CT molecular complexity index is 824. The van der Waals surface area contributed by atoms with E-state index in [1.807, 2.05) is 39.2 Å². The number of carbonyl (C=O) groups excluding carboxylic acids is 2. The number of nitrogens with one attached hydrogen (secondary N) is 1. The number of esters is 1. The zero-order valence-electron chi connectivity index (χ0n) is 16.5. The summed E-state index contributed by atoms with van der Waals surface area (Å²) in [6.07, 6.45) is 1.52. The van der Waals surface area contributed by atoms with Gasteiger partial charge < -0.3 is 14.6 Å². The number of benzene rings is 1. The molecule has 1 heterocycles. The summed E-state index contributed by atoms with van der Waals surface area (Å²) in [4.78, 5) is 31.0. The molecule has 0 bridgehead atoms. The molecule has 2 atom stereocenters. The first-order chi connectivity index (χ1) is 12.9. The highest BCUT2D eigenvalue weighted by molar-refractivity contribution is 6.05. The van der Waals surface area contributed by atoms with E-state index in [4.69, 9.17) is 4.74 Å². The number of aromatic amines is 1. The van der Waals surface area contributed by atoms with Crippen LogP contribution in [0.4, 0.5) is 0 Å². The van der Waals surface area contributed by atoms with Crippen molar-refractivity contribution in [2.75, 3.05) is 27.2 Å². The summed E-state index contributed by atoms with van der Waals surface area (Å²) in [6, 6.07) is 10.2. The van der Waals surface area contributed by atoms with E-state index in [-0.39, 0.29) is 17.6 Å². The van der Waals surface area contributed by atoms with Gasteiger partial charge in [0.05, 0.1) is 6.61 Å². The summed E-state index contributed by atoms with van der Waals surface area (Å²) in [5.74, 6) is -0.236. The van der Waals surface area contributed by atoms with Gasteiger partial charge in [0, 0.05) is 17.2 Å². The molecule has 1 aliphatic carbocycles. The number of carbonyl (C=O) groups is 2. The SMILES string of the molecule is CCOC(=O)c1[nH]c2c(c1C)C(=O)C(CCN(C)C)C(c1ccccc1)C2. The first kappa shape index (κ1) is 19.4. The molecule has 0 saturated heterocycles. The molecule has 27 heavy (non-hydrogen) atoms. The second-order valence-corrected chi connectivity index (χ2v) is 7.48. The first-order valence-corrected chi connectivity index (χ1v) is 9.56. The highest BCUT2D eigenvalue weighted by atomic mass is 16.5. The van der Waals surface area contributed by atoms with E-state index in [1.165, 1.54) is 5.56 Å². The Balaban J connectivity index is 2.01. The van der Waals surface area contributed by atoms with Crippen molar-refractivity contribution < 1.29 is 14.3 Å². The molecule has 1 aromatic carbocycles. The van der Waals surface area contributed by atoms with Crippen LogP contribution in [0.3, 0.4) is 0 Å². The number of Topliss-reactive ketones (excluding diaryl/α,β-unsaturated/α-hetero) is 1. The predicted octanol–water partition coefficient (Wildman–Crippen LogP) is 3.59. The summed E-state index contributed by atoms with van der Waals surface area (Å²) in [6.45, 7) is 4.78. The van der Waals surface area contributed by atoms with Crippen LogP contribution in [-0.4, -0.2) is 48.9 Å². The Hall–Kier alpha value is -2.40. The fourth-order valence-electron chi connectivity index (χ4n) is 4.06. The van der Waals surface area contributed by atoms with E-state index in [0.29, 0.717) is 17.9 Å². The minimum absolute atomic E-state index is 0.0909. The normalized spacial score (nSPS) is 19.2. The summed E-state index contributed by atoms with van der Waals surface area (Å²) >= 11 is 0. The minimum atomic E-state index is -0.390. The highest BCUT2D eigenvalue weighted by Gasteiger charge is 2.39. The van der Waals surface area contributed by atoms with Crippen LogP contribution in [0.5, 0.6) is 0 Å². The van der Waals surface area contributed by atoms with Crippen molar-refractivity contribution in [1.82, 2.24) is 9.88 Å². The van der Waals surface area contributed by atoms with Crippen molar-refractivity contribution in [2.24, 2.45) is 5.92 Å². The molecule has 0 amide bonds. The molecule has 0 spiro atoms. The van der Waals surface area contributed by atoms with Crippen LogP contribution in [0.1, 0.15) is 56.9 Å². The van der Waals surface area contributed by atoms with Gasteiger partial charge in [-0.2, -0.15) is 0 Å². The number of H-pyrrole nitrogens is 1. The van der Waals surface area contributed by atoms with Crippen LogP contribution >= 0.6 is 0 Å². The zero-order chi connectivity index (χ0) is 19.6. The molecule has 2 unspecified atom stereocenters. The van der Waals surface area contributed by atoms with Crippen LogP contribution in [0.15, 0.2) is 30.3 Å². The van der Waals surface area contributed by atoms with Gasteiger partial charge in [-0.05, 0) is 64.4 Å². The lowest BCUT2D eigenvalue weighted by molar-refractivity contribution is 0.0519. The Morgan fingerprint density at radius 2 is 1.96 bits per heavy atom. The van der Waals surface area contributed by atoms with Gasteiger partial charge in [-0.25, -0.2) is 4.79 Å². The molecule has 2 aromatic rings. The Kier molecular flexibility index (Phi) is 5.80. The molecule has 1 N–H and O–H groups in total. The van der Waals surface area contributed by atoms with Gasteiger partial charge in [-0.3, -0.25) is 4.79 Å². The number of nitrogens with zero attached hydrogens (tertiary/aromatic N) is 1. The molecule has 3 rings (SSSR count). The average Bonchev–Trinajstić information content (AvgIpc) is 2.98. The summed E-state index contributed by atoms with van der Waals surface area (Å²) in [7, 11) is 4.05. The smallest absolute Gasteiger partial charge is 0.355 e. The van der Waals surface area contributed by atoms with Gasteiger partial charge in [0.2, 0.25) is 0 Å². The van der Waals surface area contributed by atoms with Gasteiger partial charge in [0.25, 0.3) is 0 Å². The van der Waals surface area contributed by atoms with Crippen molar-refractivity contribution in [2.45, 2.75) is 32.6 Å². The summed E-state index contributed by atoms with van der Waals surface area (Å²) in [5.41, 5.74) is 3.85. The van der Waals surface area contributed by atoms with Gasteiger partial charge in [-0.1, -0.05) is 30.3 Å². The lowest BCUT2D eigenvalue weighted by atomic mass is 9.72. The molecule has 144 valence electrons.